The van der Waals surface area contributed by atoms with Gasteiger partial charge in [-0.1, -0.05) is 13.3 Å². The third-order valence-corrected chi connectivity index (χ3v) is 3.10. The van der Waals surface area contributed by atoms with Gasteiger partial charge in [-0.15, -0.1) is 0 Å². The number of carbonyl (C=O) groups excluding carboxylic acids is 1. The zero-order valence-electron chi connectivity index (χ0n) is 13.4. The lowest BCUT2D eigenvalue weighted by atomic mass is 10.1. The monoisotopic (exact) mass is 287 g/mol. The Labute approximate surface area is 118 Å². The summed E-state index contributed by atoms with van der Waals surface area (Å²) in [5.74, 6) is -0.412. The topological polar surface area (TPSA) is 61.5 Å². The van der Waals surface area contributed by atoms with Crippen molar-refractivity contribution in [3.05, 3.63) is 11.8 Å². The van der Waals surface area contributed by atoms with Gasteiger partial charge in [-0.25, -0.2) is 4.79 Å². The Morgan fingerprint density at radius 2 is 1.84 bits per heavy atom. The van der Waals surface area contributed by atoms with E-state index in [9.17, 15) is 4.79 Å². The van der Waals surface area contributed by atoms with Gasteiger partial charge in [0.15, 0.2) is 8.32 Å². The van der Waals surface area contributed by atoms with Crippen molar-refractivity contribution in [2.24, 2.45) is 5.73 Å². The van der Waals surface area contributed by atoms with Crippen LogP contribution in [0.15, 0.2) is 11.8 Å². The van der Waals surface area contributed by atoms with Crippen LogP contribution in [-0.4, -0.2) is 26.0 Å². The molecule has 0 bridgehead atoms. The van der Waals surface area contributed by atoms with Crippen LogP contribution in [0, 0.1) is 0 Å². The fourth-order valence-corrected chi connectivity index (χ4v) is 2.65. The van der Waals surface area contributed by atoms with Crippen molar-refractivity contribution >= 4 is 14.3 Å². The molecular weight excluding hydrogens is 258 g/mol. The minimum Gasteiger partial charge on any atom is -0.457 e. The molecule has 4 nitrogen and oxygen atoms in total. The van der Waals surface area contributed by atoms with E-state index in [0.29, 0.717) is 5.70 Å². The maximum atomic E-state index is 11.7. The van der Waals surface area contributed by atoms with Crippen LogP contribution in [0.1, 0.15) is 40.5 Å². The van der Waals surface area contributed by atoms with Gasteiger partial charge in [0.2, 0.25) is 0 Å². The molecule has 19 heavy (non-hydrogen) atoms. The minimum absolute atomic E-state index is 0.191. The highest BCUT2D eigenvalue weighted by molar-refractivity contribution is 6.69. The Hall–Kier alpha value is -0.813. The van der Waals surface area contributed by atoms with Crippen LogP contribution >= 0.6 is 0 Å². The van der Waals surface area contributed by atoms with Crippen LogP contribution in [0.2, 0.25) is 19.6 Å². The number of rotatable bonds is 6. The van der Waals surface area contributed by atoms with Crippen molar-refractivity contribution in [2.45, 2.75) is 71.9 Å². The molecule has 1 atom stereocenters. The predicted molar refractivity (Wildman–Crippen MR) is 81.2 cm³/mol. The predicted octanol–water partition coefficient (Wildman–Crippen LogP) is 3.19. The Bertz CT molecular complexity index is 327. The van der Waals surface area contributed by atoms with Crippen molar-refractivity contribution in [2.75, 3.05) is 0 Å². The molecule has 0 amide bonds. The summed E-state index contributed by atoms with van der Waals surface area (Å²) >= 11 is 0. The van der Waals surface area contributed by atoms with E-state index in [1.165, 1.54) is 6.08 Å². The maximum absolute atomic E-state index is 11.7. The van der Waals surface area contributed by atoms with Crippen molar-refractivity contribution < 1.29 is 14.0 Å². The van der Waals surface area contributed by atoms with Crippen LogP contribution < -0.4 is 5.73 Å². The normalized spacial score (nSPS) is 15.2. The summed E-state index contributed by atoms with van der Waals surface area (Å²) in [4.78, 5) is 11.7. The third kappa shape index (κ3) is 9.73. The van der Waals surface area contributed by atoms with Gasteiger partial charge in [0.1, 0.15) is 5.60 Å². The second kappa shape index (κ2) is 7.10. The molecule has 112 valence electrons. The third-order valence-electron chi connectivity index (χ3n) is 2.11. The quantitative estimate of drug-likeness (QED) is 0.463. The van der Waals surface area contributed by atoms with Gasteiger partial charge >= 0.3 is 5.97 Å². The fraction of sp³-hybridized carbons (Fsp3) is 0.786. The first kappa shape index (κ1) is 18.2. The van der Waals surface area contributed by atoms with E-state index in [-0.39, 0.29) is 6.10 Å². The Kier molecular flexibility index (Phi) is 6.79. The number of nitrogens with two attached hydrogens (primary N) is 1. The first-order valence-corrected chi connectivity index (χ1v) is 10.2. The maximum Gasteiger partial charge on any atom is 0.333 e. The van der Waals surface area contributed by atoms with E-state index in [0.717, 1.165) is 12.8 Å². The molecule has 0 aromatic rings. The first-order chi connectivity index (χ1) is 8.44. The molecule has 0 fully saturated rings. The van der Waals surface area contributed by atoms with Crippen molar-refractivity contribution in [1.29, 1.82) is 0 Å². The summed E-state index contributed by atoms with van der Waals surface area (Å²) in [7, 11) is -1.69. The highest BCUT2D eigenvalue weighted by Gasteiger charge is 2.23. The Morgan fingerprint density at radius 3 is 2.21 bits per heavy atom. The van der Waals surface area contributed by atoms with E-state index in [1.807, 2.05) is 20.8 Å². The van der Waals surface area contributed by atoms with Crippen LogP contribution in [0.25, 0.3) is 0 Å². The fourth-order valence-electron chi connectivity index (χ4n) is 1.54. The average Bonchev–Trinajstić information content (AvgIpc) is 2.11. The largest absolute Gasteiger partial charge is 0.457 e. The zero-order chi connectivity index (χ0) is 15.3. The summed E-state index contributed by atoms with van der Waals surface area (Å²) < 4.78 is 11.2. The van der Waals surface area contributed by atoms with Crippen LogP contribution in [0.4, 0.5) is 0 Å². The second-order valence-corrected chi connectivity index (χ2v) is 11.1. The van der Waals surface area contributed by atoms with Crippen molar-refractivity contribution in [3.63, 3.8) is 0 Å². The smallest absolute Gasteiger partial charge is 0.333 e. The Morgan fingerprint density at radius 1 is 1.32 bits per heavy atom. The summed E-state index contributed by atoms with van der Waals surface area (Å²) in [5.41, 5.74) is 5.94. The second-order valence-electron chi connectivity index (χ2n) is 6.69. The highest BCUT2D eigenvalue weighted by atomic mass is 28.4. The van der Waals surface area contributed by atoms with E-state index < -0.39 is 19.9 Å². The van der Waals surface area contributed by atoms with Crippen LogP contribution in [-0.2, 0) is 14.0 Å². The van der Waals surface area contributed by atoms with E-state index in [4.69, 9.17) is 14.9 Å². The van der Waals surface area contributed by atoms with Crippen molar-refractivity contribution in [1.82, 2.24) is 0 Å². The molecule has 0 saturated carbocycles. The molecule has 5 heteroatoms. The lowest BCUT2D eigenvalue weighted by Gasteiger charge is -2.27. The van der Waals surface area contributed by atoms with Gasteiger partial charge < -0.3 is 14.9 Å². The number of esters is 1. The van der Waals surface area contributed by atoms with Gasteiger partial charge in [-0.2, -0.15) is 0 Å². The summed E-state index contributed by atoms with van der Waals surface area (Å²) in [6, 6.07) is 0. The lowest BCUT2D eigenvalue weighted by molar-refractivity contribution is -0.148. The average molecular weight is 287 g/mol. The van der Waals surface area contributed by atoms with E-state index in [1.54, 1.807) is 0 Å². The molecule has 0 aromatic heterocycles. The molecule has 0 aromatic carbocycles. The van der Waals surface area contributed by atoms with Crippen molar-refractivity contribution in [3.8, 4) is 0 Å². The SMILES string of the molecule is CCC[C@@H](O[Si](C)(C)C)/C(N)=C/C(=O)OC(C)(C)C. The molecule has 0 saturated heterocycles. The molecular formula is C14H29NO3Si. The van der Waals surface area contributed by atoms with E-state index >= 15 is 0 Å². The molecule has 0 spiro atoms. The standard InChI is InChI=1S/C14H29NO3Si/c1-8-9-12(18-19(5,6)7)11(15)10-13(16)17-14(2,3)4/h10,12H,8-9,15H2,1-7H3/b11-10-/t12-/m1/s1. The number of hydrogen-bond donors (Lipinski definition) is 1. The highest BCUT2D eigenvalue weighted by Crippen LogP contribution is 2.16. The number of ether oxygens (including phenoxy) is 1. The summed E-state index contributed by atoms with van der Waals surface area (Å²) in [6.45, 7) is 13.9. The molecule has 0 heterocycles. The zero-order valence-corrected chi connectivity index (χ0v) is 14.4. The molecule has 0 radical (unpaired) electrons. The Balaban J connectivity index is 4.79. The van der Waals surface area contributed by atoms with Gasteiger partial charge in [0, 0.05) is 11.8 Å². The van der Waals surface area contributed by atoms with Gasteiger partial charge in [-0.3, -0.25) is 0 Å². The van der Waals surface area contributed by atoms with Gasteiger partial charge in [0.25, 0.3) is 0 Å². The van der Waals surface area contributed by atoms with Gasteiger partial charge in [0.05, 0.1) is 6.10 Å². The molecule has 0 aliphatic rings. The summed E-state index contributed by atoms with van der Waals surface area (Å²) in [6.07, 6.45) is 2.93. The minimum atomic E-state index is -1.69. The molecule has 2 N–H and O–H groups in total. The van der Waals surface area contributed by atoms with Crippen LogP contribution in [0.5, 0.6) is 0 Å². The lowest BCUT2D eigenvalue weighted by Crippen LogP contribution is -2.35. The molecule has 0 aliphatic heterocycles. The number of carbonyl (C=O) groups is 1. The molecule has 0 unspecified atom stereocenters. The van der Waals surface area contributed by atoms with Crippen LogP contribution in [0.3, 0.4) is 0 Å². The molecule has 0 rings (SSSR count). The van der Waals surface area contributed by atoms with E-state index in [2.05, 4.69) is 26.6 Å². The number of hydrogen-bond acceptors (Lipinski definition) is 4. The first-order valence-electron chi connectivity index (χ1n) is 6.82. The summed E-state index contributed by atoms with van der Waals surface area (Å²) in [5, 5.41) is 0. The molecule has 0 aliphatic carbocycles. The van der Waals surface area contributed by atoms with Gasteiger partial charge in [-0.05, 0) is 46.8 Å².